The summed E-state index contributed by atoms with van der Waals surface area (Å²) in [4.78, 5) is 36.4. The fraction of sp³-hybridized carbons (Fsp3) is 0.609. The number of alkyl carbamates (subject to hydrolysis) is 1. The van der Waals surface area contributed by atoms with Crippen LogP contribution in [0.1, 0.15) is 70.6 Å². The van der Waals surface area contributed by atoms with Crippen LogP contribution in [0.5, 0.6) is 0 Å². The van der Waals surface area contributed by atoms with Crippen molar-refractivity contribution in [2.45, 2.75) is 78.4 Å². The smallest absolute Gasteiger partial charge is 0.408 e. The van der Waals surface area contributed by atoms with Crippen LogP contribution in [-0.4, -0.2) is 61.3 Å². The number of ether oxygens (including phenoxy) is 1. The minimum atomic E-state index is -1.09. The molecular formula is C23H35N7O3. The number of carbonyl (C=O) groups is 2. The number of hydrogen-bond donors (Lipinski definition) is 3. The number of amides is 2. The second-order valence-electron chi connectivity index (χ2n) is 10.1. The molecule has 3 heterocycles. The van der Waals surface area contributed by atoms with Crippen LogP contribution in [0.25, 0.3) is 0 Å². The Morgan fingerprint density at radius 2 is 1.85 bits per heavy atom. The molecule has 33 heavy (non-hydrogen) atoms. The Morgan fingerprint density at radius 1 is 1.12 bits per heavy atom. The summed E-state index contributed by atoms with van der Waals surface area (Å²) in [6.45, 7) is 13.7. The van der Waals surface area contributed by atoms with Gasteiger partial charge in [-0.15, -0.1) is 0 Å². The molecule has 0 saturated carbocycles. The highest BCUT2D eigenvalue weighted by molar-refractivity contribution is 5.89. The third-order valence-electron chi connectivity index (χ3n) is 5.29. The Kier molecular flexibility index (Phi) is 6.94. The molecule has 0 aromatic carbocycles. The van der Waals surface area contributed by atoms with Crippen molar-refractivity contribution in [3.05, 3.63) is 29.3 Å². The van der Waals surface area contributed by atoms with Crippen LogP contribution in [-0.2, 0) is 9.53 Å². The molecule has 180 valence electrons. The fourth-order valence-corrected chi connectivity index (χ4v) is 3.89. The van der Waals surface area contributed by atoms with E-state index in [1.807, 2.05) is 26.0 Å². The lowest BCUT2D eigenvalue weighted by molar-refractivity contribution is -0.138. The number of carbonyl (C=O) groups excluding carboxylic acids is 2. The van der Waals surface area contributed by atoms with Crippen LogP contribution < -0.4 is 10.6 Å². The van der Waals surface area contributed by atoms with Gasteiger partial charge in [0, 0.05) is 36.8 Å². The quantitative estimate of drug-likeness (QED) is 0.627. The zero-order valence-corrected chi connectivity index (χ0v) is 20.6. The monoisotopic (exact) mass is 457 g/mol. The summed E-state index contributed by atoms with van der Waals surface area (Å²) >= 11 is 0. The number of aromatic nitrogens is 4. The average molecular weight is 458 g/mol. The molecule has 3 rings (SSSR count). The van der Waals surface area contributed by atoms with Gasteiger partial charge >= 0.3 is 6.09 Å². The topological polar surface area (TPSA) is 125 Å². The fourth-order valence-electron chi connectivity index (χ4n) is 3.89. The van der Waals surface area contributed by atoms with Gasteiger partial charge in [-0.05, 0) is 61.3 Å². The highest BCUT2D eigenvalue weighted by Crippen LogP contribution is 2.29. The number of H-pyrrole nitrogens is 1. The normalized spacial score (nSPS) is 16.9. The van der Waals surface area contributed by atoms with Gasteiger partial charge in [0.1, 0.15) is 22.8 Å². The average Bonchev–Trinajstić information content (AvgIpc) is 3.09. The van der Waals surface area contributed by atoms with E-state index in [0.717, 1.165) is 24.2 Å². The van der Waals surface area contributed by atoms with Crippen molar-refractivity contribution in [3.63, 3.8) is 0 Å². The SMILES string of the molecule is Cc1nc(Nc2cc(C)[nH]n2)cc(C2CCCN(C(=O)C(C)(C)NC(=O)OC(C)(C)C)C2)n1. The summed E-state index contributed by atoms with van der Waals surface area (Å²) in [5.74, 6) is 1.93. The molecule has 0 spiro atoms. The van der Waals surface area contributed by atoms with Gasteiger partial charge in [0.2, 0.25) is 5.91 Å². The first kappa shape index (κ1) is 24.5. The minimum absolute atomic E-state index is 0.0724. The van der Waals surface area contributed by atoms with E-state index in [4.69, 9.17) is 4.74 Å². The first-order chi connectivity index (χ1) is 15.3. The molecule has 10 heteroatoms. The first-order valence-electron chi connectivity index (χ1n) is 11.3. The van der Waals surface area contributed by atoms with E-state index in [2.05, 4.69) is 30.8 Å². The van der Waals surface area contributed by atoms with Gasteiger partial charge in [-0.3, -0.25) is 9.89 Å². The van der Waals surface area contributed by atoms with Gasteiger partial charge in [-0.1, -0.05) is 0 Å². The number of rotatable bonds is 5. The summed E-state index contributed by atoms with van der Waals surface area (Å²) in [7, 11) is 0. The zero-order chi connectivity index (χ0) is 24.4. The summed E-state index contributed by atoms with van der Waals surface area (Å²) in [5.41, 5.74) is 0.112. The summed E-state index contributed by atoms with van der Waals surface area (Å²) in [5, 5.41) is 13.0. The van der Waals surface area contributed by atoms with E-state index >= 15 is 0 Å². The summed E-state index contributed by atoms with van der Waals surface area (Å²) in [6.07, 6.45) is 1.16. The number of nitrogens with zero attached hydrogens (tertiary/aromatic N) is 4. The van der Waals surface area contributed by atoms with E-state index in [1.165, 1.54) is 0 Å². The molecule has 0 bridgehead atoms. The van der Waals surface area contributed by atoms with Crippen molar-refractivity contribution in [2.24, 2.45) is 0 Å². The van der Waals surface area contributed by atoms with E-state index in [9.17, 15) is 9.59 Å². The molecule has 2 aromatic heterocycles. The van der Waals surface area contributed by atoms with Gasteiger partial charge in [-0.2, -0.15) is 5.10 Å². The lowest BCUT2D eigenvalue weighted by atomic mass is 9.92. The molecule has 1 aliphatic rings. The Hall–Kier alpha value is -3.17. The second-order valence-corrected chi connectivity index (χ2v) is 10.1. The lowest BCUT2D eigenvalue weighted by Crippen LogP contribution is -2.58. The number of hydrogen-bond acceptors (Lipinski definition) is 7. The van der Waals surface area contributed by atoms with E-state index in [-0.39, 0.29) is 11.8 Å². The number of nitrogens with one attached hydrogen (secondary N) is 3. The molecule has 1 fully saturated rings. The molecule has 2 amide bonds. The molecule has 0 radical (unpaired) electrons. The molecule has 3 N–H and O–H groups in total. The number of aromatic amines is 1. The van der Waals surface area contributed by atoms with Crippen LogP contribution in [0.2, 0.25) is 0 Å². The van der Waals surface area contributed by atoms with Gasteiger partial charge in [-0.25, -0.2) is 14.8 Å². The van der Waals surface area contributed by atoms with Crippen LogP contribution in [0, 0.1) is 13.8 Å². The first-order valence-corrected chi connectivity index (χ1v) is 11.3. The predicted molar refractivity (Wildman–Crippen MR) is 125 cm³/mol. The molecule has 1 aliphatic heterocycles. The van der Waals surface area contributed by atoms with Gasteiger partial charge in [0.05, 0.1) is 5.69 Å². The van der Waals surface area contributed by atoms with Crippen molar-refractivity contribution in [1.82, 2.24) is 30.4 Å². The number of piperidine rings is 1. The van der Waals surface area contributed by atoms with Crippen LogP contribution in [0.15, 0.2) is 12.1 Å². The summed E-state index contributed by atoms with van der Waals surface area (Å²) in [6, 6.07) is 3.82. The highest BCUT2D eigenvalue weighted by atomic mass is 16.6. The van der Waals surface area contributed by atoms with Crippen molar-refractivity contribution in [3.8, 4) is 0 Å². The number of likely N-dealkylation sites (tertiary alicyclic amines) is 1. The second kappa shape index (κ2) is 9.36. The Bertz CT molecular complexity index is 1010. The van der Waals surface area contributed by atoms with Crippen LogP contribution in [0.3, 0.4) is 0 Å². The van der Waals surface area contributed by atoms with Gasteiger partial charge in [0.15, 0.2) is 5.82 Å². The van der Waals surface area contributed by atoms with E-state index in [1.54, 1.807) is 39.5 Å². The highest BCUT2D eigenvalue weighted by Gasteiger charge is 2.37. The zero-order valence-electron chi connectivity index (χ0n) is 20.6. The number of anilines is 2. The van der Waals surface area contributed by atoms with E-state index in [0.29, 0.717) is 30.5 Å². The molecule has 1 saturated heterocycles. The molecule has 2 aromatic rings. The maximum absolute atomic E-state index is 13.3. The molecular weight excluding hydrogens is 422 g/mol. The Morgan fingerprint density at radius 3 is 2.48 bits per heavy atom. The van der Waals surface area contributed by atoms with Crippen molar-refractivity contribution >= 4 is 23.6 Å². The largest absolute Gasteiger partial charge is 0.444 e. The third kappa shape index (κ3) is 6.66. The molecule has 10 nitrogen and oxygen atoms in total. The Labute approximate surface area is 194 Å². The van der Waals surface area contributed by atoms with Gasteiger partial charge < -0.3 is 20.3 Å². The van der Waals surface area contributed by atoms with Crippen molar-refractivity contribution in [2.75, 3.05) is 18.4 Å². The van der Waals surface area contributed by atoms with Crippen LogP contribution in [0.4, 0.5) is 16.4 Å². The van der Waals surface area contributed by atoms with Crippen LogP contribution >= 0.6 is 0 Å². The third-order valence-corrected chi connectivity index (χ3v) is 5.29. The minimum Gasteiger partial charge on any atom is -0.444 e. The van der Waals surface area contributed by atoms with Gasteiger partial charge in [0.25, 0.3) is 0 Å². The van der Waals surface area contributed by atoms with E-state index < -0.39 is 17.2 Å². The summed E-state index contributed by atoms with van der Waals surface area (Å²) < 4.78 is 5.33. The van der Waals surface area contributed by atoms with Crippen molar-refractivity contribution < 1.29 is 14.3 Å². The lowest BCUT2D eigenvalue weighted by Gasteiger charge is -2.38. The number of aryl methyl sites for hydroxylation is 2. The maximum Gasteiger partial charge on any atom is 0.408 e. The standard InChI is InChI=1S/C23H35N7O3/c1-14-11-19(29-28-14)26-18-12-17(24-15(2)25-18)16-9-8-10-30(13-16)20(31)23(6,7)27-21(32)33-22(3,4)5/h11-12,16H,8-10,13H2,1-7H3,(H,27,32)(H2,24,25,26,28,29). The predicted octanol–water partition coefficient (Wildman–Crippen LogP) is 3.57. The Balaban J connectivity index is 1.70. The van der Waals surface area contributed by atoms with Crippen molar-refractivity contribution in [1.29, 1.82) is 0 Å². The molecule has 0 aliphatic carbocycles. The maximum atomic E-state index is 13.3. The molecule has 1 unspecified atom stereocenters. The molecule has 1 atom stereocenters.